The van der Waals surface area contributed by atoms with Gasteiger partial charge in [-0.1, -0.05) is 244 Å². The first-order chi connectivity index (χ1) is 57.8. The highest BCUT2D eigenvalue weighted by Gasteiger charge is 2.38. The lowest BCUT2D eigenvalue weighted by atomic mass is 9.86. The topological polar surface area (TPSA) is 44.0 Å². The summed E-state index contributed by atoms with van der Waals surface area (Å²) in [4.78, 5) is 0. The van der Waals surface area contributed by atoms with Crippen molar-refractivity contribution in [2.45, 2.75) is 187 Å². The van der Waals surface area contributed by atoms with Gasteiger partial charge in [-0.05, 0) is 179 Å². The van der Waals surface area contributed by atoms with E-state index in [0.717, 1.165) is 0 Å². The van der Waals surface area contributed by atoms with Crippen LogP contribution in [0.4, 0.5) is 0 Å². The van der Waals surface area contributed by atoms with E-state index in [0.29, 0.717) is 11.8 Å². The zero-order valence-corrected chi connectivity index (χ0v) is 73.4. The lowest BCUT2D eigenvalue weighted by molar-refractivity contribution is -0.609. The predicted octanol–water partition coefficient (Wildman–Crippen LogP) is 24.4. The van der Waals surface area contributed by atoms with Crippen LogP contribution in [0.5, 0.6) is 0 Å². The number of imidazole rings is 5. The molecule has 5 heterocycles. The molecule has 0 radical (unpaired) electrons. The van der Waals surface area contributed by atoms with E-state index in [1.807, 2.05) is 0 Å². The van der Waals surface area contributed by atoms with Crippen LogP contribution in [-0.2, 0) is 0 Å². The Morgan fingerprint density at radius 1 is 0.202 bits per heavy atom. The summed E-state index contributed by atoms with van der Waals surface area (Å²) >= 11 is 0. The number of nitrogens with zero attached hydrogens (tertiary/aromatic N) is 10. The van der Waals surface area contributed by atoms with Crippen LogP contribution in [0, 0.1) is 118 Å². The Kier molecular flexibility index (Phi) is 26.1. The average Bonchev–Trinajstić information content (AvgIpc) is 1.60. The molecular formula is C109H121N10+5. The molecule has 0 bridgehead atoms. The smallest absolute Gasteiger partial charge is 0.197 e. The molecule has 2 aliphatic rings. The minimum atomic E-state index is 0.660. The molecule has 0 amide bonds. The highest BCUT2D eigenvalue weighted by Crippen LogP contribution is 2.40. The van der Waals surface area contributed by atoms with Crippen LogP contribution in [0.3, 0.4) is 0 Å². The Labute approximate surface area is 708 Å². The van der Waals surface area contributed by atoms with E-state index >= 15 is 0 Å². The second-order valence-electron chi connectivity index (χ2n) is 32.6. The fourth-order valence-electron chi connectivity index (χ4n) is 19.1. The molecule has 10 nitrogen and oxygen atoms in total. The molecule has 119 heavy (non-hydrogen) atoms. The molecule has 0 spiro atoms. The van der Waals surface area contributed by atoms with Gasteiger partial charge in [0.05, 0.1) is 0 Å². The first kappa shape index (κ1) is 83.0. The second kappa shape index (κ2) is 37.4. The van der Waals surface area contributed by atoms with Crippen LogP contribution in [0.1, 0.15) is 178 Å². The predicted molar refractivity (Wildman–Crippen MR) is 490 cm³/mol. The van der Waals surface area contributed by atoms with Crippen molar-refractivity contribution in [3.8, 4) is 68.1 Å². The summed E-state index contributed by atoms with van der Waals surface area (Å²) < 4.78 is 24.0. The highest BCUT2D eigenvalue weighted by atomic mass is 15.2. The Bertz CT molecular complexity index is 5940. The van der Waals surface area contributed by atoms with Gasteiger partial charge in [0.15, 0.2) is 22.8 Å². The van der Waals surface area contributed by atoms with Crippen LogP contribution in [0.25, 0.3) is 68.1 Å². The van der Waals surface area contributed by atoms with Gasteiger partial charge >= 0.3 is 0 Å². The van der Waals surface area contributed by atoms with Crippen LogP contribution < -0.4 is 22.8 Å². The molecule has 11 aromatic carbocycles. The fourth-order valence-corrected chi connectivity index (χ4v) is 19.1. The van der Waals surface area contributed by atoms with Crippen molar-refractivity contribution in [3.63, 3.8) is 0 Å². The minimum absolute atomic E-state index is 0.660. The zero-order chi connectivity index (χ0) is 83.5. The molecule has 10 heteroatoms. The molecule has 0 aliphatic heterocycles. The largest absolute Gasteiger partial charge is 0.264 e. The van der Waals surface area contributed by atoms with Crippen LogP contribution >= 0.6 is 0 Å². The Balaban J connectivity index is 0.000000122. The number of aromatic nitrogens is 10. The fraction of sp³-hybridized carbons (Fsp3) is 0.257. The minimum Gasteiger partial charge on any atom is -0.197 e. The second-order valence-corrected chi connectivity index (χ2v) is 32.6. The number of benzene rings is 11. The molecule has 602 valence electrons. The summed E-state index contributed by atoms with van der Waals surface area (Å²) in [5.74, 6) is 7.57. The quantitative estimate of drug-likeness (QED) is 0.103. The third kappa shape index (κ3) is 17.0. The Morgan fingerprint density at radius 2 is 0.412 bits per heavy atom. The number of hydrogen-bond acceptors (Lipinski definition) is 0. The maximum Gasteiger partial charge on any atom is 0.264 e. The Hall–Kier alpha value is -12.5. The molecule has 2 fully saturated rings. The van der Waals surface area contributed by atoms with E-state index in [2.05, 4.69) is 467 Å². The van der Waals surface area contributed by atoms with Crippen molar-refractivity contribution in [1.82, 2.24) is 22.8 Å². The zero-order valence-electron chi connectivity index (χ0n) is 73.4. The van der Waals surface area contributed by atoms with Crippen molar-refractivity contribution in [3.05, 3.63) is 412 Å². The monoisotopic (exact) mass is 1570 g/mol. The SMILES string of the molecule is Cc1ccccc1-[n+]1c(C)c(-c2ccccc2)n(-c2ccccc2)c1C.Cc1ccccc1-[n+]1c(C)c(C)n(-c2ccccc2)c1C.Cc1ccccc1-[n+]1c(C)c(C)n(-c2ccccc2)c1C.Cc1ccccc1-[n+]1c(C)c(C2CCCC2)n(-c2ccccc2)c1C.Cc1ccccc1-[n+]1c(C)c(C2CCCCC2)n(-c2ccccc2)c1C. The summed E-state index contributed by atoms with van der Waals surface area (Å²) in [7, 11) is 0. The highest BCUT2D eigenvalue weighted by molar-refractivity contribution is 5.65. The van der Waals surface area contributed by atoms with Crippen molar-refractivity contribution in [2.24, 2.45) is 0 Å². The summed E-state index contributed by atoms with van der Waals surface area (Å²) in [6.07, 6.45) is 12.0. The van der Waals surface area contributed by atoms with Gasteiger partial charge in [0.25, 0.3) is 29.1 Å². The van der Waals surface area contributed by atoms with Crippen LogP contribution in [-0.4, -0.2) is 22.8 Å². The maximum absolute atomic E-state index is 2.51. The van der Waals surface area contributed by atoms with Gasteiger partial charge in [0, 0.05) is 100 Å². The molecule has 5 aromatic heterocycles. The number of rotatable bonds is 13. The lowest BCUT2D eigenvalue weighted by Crippen LogP contribution is -2.36. The van der Waals surface area contributed by atoms with E-state index in [9.17, 15) is 0 Å². The number of hydrogen-bond donors (Lipinski definition) is 0. The average molecular weight is 1570 g/mol. The first-order valence-corrected chi connectivity index (χ1v) is 43.0. The van der Waals surface area contributed by atoms with Gasteiger partial charge in [-0.15, -0.1) is 0 Å². The van der Waals surface area contributed by atoms with Gasteiger partial charge in [-0.3, -0.25) is 0 Å². The summed E-state index contributed by atoms with van der Waals surface area (Å²) in [5.41, 5.74) is 33.6. The number of para-hydroxylation sites is 10. The molecular weight excluding hydrogens is 1450 g/mol. The van der Waals surface area contributed by atoms with Crippen molar-refractivity contribution in [2.75, 3.05) is 0 Å². The summed E-state index contributed by atoms with van der Waals surface area (Å²) in [5, 5.41) is 0. The number of aryl methyl sites for hydroxylation is 5. The summed E-state index contributed by atoms with van der Waals surface area (Å²) in [6.45, 7) is 37.5. The van der Waals surface area contributed by atoms with E-state index in [1.54, 1.807) is 0 Å². The van der Waals surface area contributed by atoms with Gasteiger partial charge in [0.1, 0.15) is 91.0 Å². The third-order valence-corrected chi connectivity index (χ3v) is 25.1. The molecule has 0 unspecified atom stereocenters. The van der Waals surface area contributed by atoms with Crippen molar-refractivity contribution >= 4 is 0 Å². The van der Waals surface area contributed by atoms with Gasteiger partial charge in [0.2, 0.25) is 0 Å². The molecule has 2 saturated carbocycles. The first-order valence-electron chi connectivity index (χ1n) is 43.0. The summed E-state index contributed by atoms with van der Waals surface area (Å²) in [6, 6.07) is 107. The standard InChI is InChI=1S/C24H29N2.C24H23N2.C23H27N2.2C19H21N2/c2*1-18-12-10-11-17-23(18)25-19(2)24(21-13-6-4-7-14-21)26(20(25)3)22-15-8-5-9-16-22;1-17-11-7-10-16-22(17)24-18(2)23(20-12-8-9-13-20)25(19(24)3)21-14-5-4-6-15-21;2*1-14-10-8-9-13-19(14)21-16(3)15(2)20(17(21)4)18-11-6-5-7-12-18/h5,8-12,15-17,21H,4,6-7,13-14H2,1-3H3;4-17H,1-3H3;4-7,10-11,14-16,20H,8-9,12-13H2,1-3H3;2*5-13H,1-4H3/q5*+1. The maximum atomic E-state index is 2.51. The van der Waals surface area contributed by atoms with Gasteiger partial charge in [-0.2, -0.15) is 45.7 Å². The van der Waals surface area contributed by atoms with Gasteiger partial charge in [-0.25, -0.2) is 0 Å². The molecule has 0 saturated heterocycles. The lowest BCUT2D eigenvalue weighted by Gasteiger charge is -2.20. The normalized spacial score (nSPS) is 12.7. The molecule has 0 N–H and O–H groups in total. The van der Waals surface area contributed by atoms with Crippen molar-refractivity contribution in [1.29, 1.82) is 0 Å². The van der Waals surface area contributed by atoms with Crippen LogP contribution in [0.15, 0.2) is 303 Å². The van der Waals surface area contributed by atoms with E-state index < -0.39 is 0 Å². The van der Waals surface area contributed by atoms with Crippen molar-refractivity contribution < 1.29 is 22.8 Å². The molecule has 16 aromatic rings. The molecule has 2 aliphatic carbocycles. The molecule has 0 atom stereocenters. The van der Waals surface area contributed by atoms with E-state index in [4.69, 9.17) is 0 Å². The van der Waals surface area contributed by atoms with Gasteiger partial charge < -0.3 is 0 Å². The van der Waals surface area contributed by atoms with E-state index in [1.165, 1.54) is 234 Å². The van der Waals surface area contributed by atoms with E-state index in [-0.39, 0.29) is 0 Å². The van der Waals surface area contributed by atoms with Crippen LogP contribution in [0.2, 0.25) is 0 Å². The molecule has 18 rings (SSSR count). The third-order valence-electron chi connectivity index (χ3n) is 25.1. The Morgan fingerprint density at radius 3 is 0.697 bits per heavy atom.